The van der Waals surface area contributed by atoms with Gasteiger partial charge in [0.2, 0.25) is 0 Å². The van der Waals surface area contributed by atoms with Gasteiger partial charge in [-0.2, -0.15) is 0 Å². The van der Waals surface area contributed by atoms with Crippen molar-refractivity contribution in [2.45, 2.75) is 56.5 Å². The molecule has 170 valence electrons. The molecule has 0 spiro atoms. The number of methoxy groups -OCH3 is 1. The minimum Gasteiger partial charge on any atom is -0.480 e. The Morgan fingerprint density at radius 1 is 1.34 bits per heavy atom. The van der Waals surface area contributed by atoms with Gasteiger partial charge in [0.25, 0.3) is 5.56 Å². The first kappa shape index (κ1) is 22.5. The van der Waals surface area contributed by atoms with E-state index in [-0.39, 0.29) is 40.2 Å². The van der Waals surface area contributed by atoms with Crippen LogP contribution < -0.4 is 11.3 Å². The number of hydrogen-bond acceptors (Lipinski definition) is 5. The number of pyridine rings is 1. The molecule has 0 amide bonds. The highest BCUT2D eigenvalue weighted by molar-refractivity contribution is 6.31. The molecule has 1 aromatic heterocycles. The zero-order chi connectivity index (χ0) is 23.2. The fourth-order valence-electron chi connectivity index (χ4n) is 5.09. The SMILES string of the molecule is COC(=O)c1c(-c2c(CC3(N)CCCC3)ccc(Cl)c2F)cc(=O)n2c1CCC2C(=O)O. The van der Waals surface area contributed by atoms with Crippen molar-refractivity contribution in [3.63, 3.8) is 0 Å². The molecular weight excluding hydrogens is 439 g/mol. The van der Waals surface area contributed by atoms with Gasteiger partial charge >= 0.3 is 11.9 Å². The maximum Gasteiger partial charge on any atom is 0.340 e. The lowest BCUT2D eigenvalue weighted by Crippen LogP contribution is -2.39. The summed E-state index contributed by atoms with van der Waals surface area (Å²) in [7, 11) is 1.18. The van der Waals surface area contributed by atoms with Crippen LogP contribution in [0.1, 0.15) is 59.8 Å². The molecule has 0 saturated heterocycles. The Bertz CT molecular complexity index is 1170. The van der Waals surface area contributed by atoms with Gasteiger partial charge in [0, 0.05) is 28.4 Å². The number of rotatable bonds is 5. The van der Waals surface area contributed by atoms with Gasteiger partial charge in [0.15, 0.2) is 0 Å². The summed E-state index contributed by atoms with van der Waals surface area (Å²) in [5, 5.41) is 9.35. The Hall–Kier alpha value is -2.71. The van der Waals surface area contributed by atoms with Crippen LogP contribution in [0, 0.1) is 5.82 Å². The molecular formula is C23H24ClFN2O5. The predicted molar refractivity (Wildman–Crippen MR) is 117 cm³/mol. The fourth-order valence-corrected chi connectivity index (χ4v) is 5.25. The monoisotopic (exact) mass is 462 g/mol. The third kappa shape index (κ3) is 3.71. The van der Waals surface area contributed by atoms with Crippen molar-refractivity contribution in [1.82, 2.24) is 4.57 Å². The summed E-state index contributed by atoms with van der Waals surface area (Å²) in [5.74, 6) is -2.70. The number of aromatic nitrogens is 1. The van der Waals surface area contributed by atoms with E-state index in [0.717, 1.165) is 36.3 Å². The van der Waals surface area contributed by atoms with Gasteiger partial charge in [-0.25, -0.2) is 14.0 Å². The Morgan fingerprint density at radius 3 is 2.66 bits per heavy atom. The number of hydrogen-bond donors (Lipinski definition) is 2. The number of carbonyl (C=O) groups is 2. The van der Waals surface area contributed by atoms with E-state index in [1.54, 1.807) is 6.07 Å². The lowest BCUT2D eigenvalue weighted by molar-refractivity contribution is -0.140. The van der Waals surface area contributed by atoms with E-state index < -0.39 is 34.9 Å². The topological polar surface area (TPSA) is 112 Å². The summed E-state index contributed by atoms with van der Waals surface area (Å²) < 4.78 is 21.5. The Labute approximate surface area is 188 Å². The molecule has 1 saturated carbocycles. The normalized spacial score (nSPS) is 19.1. The van der Waals surface area contributed by atoms with Crippen molar-refractivity contribution in [3.05, 3.63) is 56.2 Å². The summed E-state index contributed by atoms with van der Waals surface area (Å²) in [6.07, 6.45) is 4.20. The van der Waals surface area contributed by atoms with Gasteiger partial charge in [0.05, 0.1) is 17.7 Å². The zero-order valence-electron chi connectivity index (χ0n) is 17.6. The number of esters is 1. The van der Waals surface area contributed by atoms with E-state index in [1.807, 2.05) is 0 Å². The first-order chi connectivity index (χ1) is 15.2. The van der Waals surface area contributed by atoms with E-state index in [1.165, 1.54) is 13.2 Å². The Kier molecular flexibility index (Phi) is 5.85. The van der Waals surface area contributed by atoms with Gasteiger partial charge in [-0.05, 0) is 43.7 Å². The van der Waals surface area contributed by atoms with Crippen molar-refractivity contribution in [1.29, 1.82) is 0 Å². The maximum atomic E-state index is 15.5. The number of benzene rings is 1. The molecule has 1 fully saturated rings. The third-order valence-electron chi connectivity index (χ3n) is 6.59. The number of carboxylic acids is 1. The third-order valence-corrected chi connectivity index (χ3v) is 6.88. The highest BCUT2D eigenvalue weighted by atomic mass is 35.5. The van der Waals surface area contributed by atoms with E-state index >= 15 is 4.39 Å². The van der Waals surface area contributed by atoms with Crippen molar-refractivity contribution >= 4 is 23.5 Å². The Morgan fingerprint density at radius 2 is 2.03 bits per heavy atom. The largest absolute Gasteiger partial charge is 0.480 e. The van der Waals surface area contributed by atoms with E-state index in [0.29, 0.717) is 12.0 Å². The summed E-state index contributed by atoms with van der Waals surface area (Å²) >= 11 is 6.09. The molecule has 1 aromatic carbocycles. The van der Waals surface area contributed by atoms with Gasteiger partial charge < -0.3 is 15.6 Å². The van der Waals surface area contributed by atoms with Crippen LogP contribution in [0.15, 0.2) is 23.0 Å². The van der Waals surface area contributed by atoms with Crippen LogP contribution in [0.3, 0.4) is 0 Å². The second-order valence-electron chi connectivity index (χ2n) is 8.61. The molecule has 1 aliphatic carbocycles. The van der Waals surface area contributed by atoms with Crippen LogP contribution in [-0.2, 0) is 22.4 Å². The average Bonchev–Trinajstić information content (AvgIpc) is 3.37. The average molecular weight is 463 g/mol. The lowest BCUT2D eigenvalue weighted by Gasteiger charge is -2.26. The van der Waals surface area contributed by atoms with E-state index in [2.05, 4.69) is 0 Å². The second kappa shape index (κ2) is 8.33. The number of nitrogens with zero attached hydrogens (tertiary/aromatic N) is 1. The summed E-state index contributed by atoms with van der Waals surface area (Å²) in [6, 6.07) is 3.11. The molecule has 3 N–H and O–H groups in total. The molecule has 0 radical (unpaired) electrons. The summed E-state index contributed by atoms with van der Waals surface area (Å²) in [6.45, 7) is 0. The number of ether oxygens (including phenoxy) is 1. The molecule has 2 heterocycles. The van der Waals surface area contributed by atoms with Crippen molar-refractivity contribution in [2.24, 2.45) is 5.73 Å². The first-order valence-corrected chi connectivity index (χ1v) is 10.9. The van der Waals surface area contributed by atoms with Crippen LogP contribution >= 0.6 is 11.6 Å². The number of carbonyl (C=O) groups excluding carboxylic acids is 1. The molecule has 32 heavy (non-hydrogen) atoms. The number of aliphatic carboxylic acids is 1. The van der Waals surface area contributed by atoms with Gasteiger partial charge in [-0.3, -0.25) is 9.36 Å². The molecule has 0 bridgehead atoms. The van der Waals surface area contributed by atoms with Crippen LogP contribution in [0.4, 0.5) is 4.39 Å². The molecule has 9 heteroatoms. The van der Waals surface area contributed by atoms with Gasteiger partial charge in [0.1, 0.15) is 11.9 Å². The standard InChI is InChI=1S/C23H24ClFN2O5/c1-32-22(31)19-13(10-17(28)27-15(19)6-7-16(27)21(29)30)18-12(4-5-14(24)20(18)25)11-23(26)8-2-3-9-23/h4-5,10,16H,2-3,6-9,11,26H2,1H3,(H,29,30). The molecule has 1 atom stereocenters. The summed E-state index contributed by atoms with van der Waals surface area (Å²) in [4.78, 5) is 37.4. The number of fused-ring (bicyclic) bond motifs is 1. The Balaban J connectivity index is 1.99. The maximum absolute atomic E-state index is 15.5. The quantitative estimate of drug-likeness (QED) is 0.658. The van der Waals surface area contributed by atoms with Gasteiger partial charge in [-0.1, -0.05) is 30.5 Å². The molecule has 1 aliphatic heterocycles. The lowest BCUT2D eigenvalue weighted by atomic mass is 9.85. The van der Waals surface area contributed by atoms with E-state index in [9.17, 15) is 19.5 Å². The number of halogens is 2. The highest BCUT2D eigenvalue weighted by Crippen LogP contribution is 2.40. The highest BCUT2D eigenvalue weighted by Gasteiger charge is 2.37. The number of nitrogens with two attached hydrogens (primary N) is 1. The second-order valence-corrected chi connectivity index (χ2v) is 9.02. The summed E-state index contributed by atoms with van der Waals surface area (Å²) in [5.41, 5.74) is 6.24. The molecule has 2 aromatic rings. The van der Waals surface area contributed by atoms with Crippen LogP contribution in [0.25, 0.3) is 11.1 Å². The number of carboxylic acid groups (broad SMARTS) is 1. The van der Waals surface area contributed by atoms with E-state index in [4.69, 9.17) is 22.1 Å². The minimum absolute atomic E-state index is 0.0178. The van der Waals surface area contributed by atoms with Gasteiger partial charge in [-0.15, -0.1) is 0 Å². The van der Waals surface area contributed by atoms with Crippen molar-refractivity contribution in [2.75, 3.05) is 7.11 Å². The molecule has 4 rings (SSSR count). The predicted octanol–water partition coefficient (Wildman–Crippen LogP) is 3.48. The van der Waals surface area contributed by atoms with Crippen LogP contribution in [0.5, 0.6) is 0 Å². The molecule has 7 nitrogen and oxygen atoms in total. The van der Waals surface area contributed by atoms with Crippen molar-refractivity contribution in [3.8, 4) is 11.1 Å². The van der Waals surface area contributed by atoms with Crippen LogP contribution in [-0.4, -0.2) is 34.3 Å². The fraction of sp³-hybridized carbons (Fsp3) is 0.435. The first-order valence-electron chi connectivity index (χ1n) is 10.5. The minimum atomic E-state index is -1.17. The van der Waals surface area contributed by atoms with Crippen molar-refractivity contribution < 1.29 is 23.8 Å². The molecule has 1 unspecified atom stereocenters. The molecule has 2 aliphatic rings. The van der Waals surface area contributed by atoms with Crippen LogP contribution in [0.2, 0.25) is 5.02 Å². The smallest absolute Gasteiger partial charge is 0.340 e. The zero-order valence-corrected chi connectivity index (χ0v) is 18.4.